The Morgan fingerprint density at radius 2 is 1.00 bits per heavy atom. The van der Waals surface area contributed by atoms with E-state index in [1.165, 1.54) is 0 Å². The fraction of sp³-hybridized carbons (Fsp3) is 0.136. The van der Waals surface area contributed by atoms with E-state index < -0.39 is 11.4 Å². The summed E-state index contributed by atoms with van der Waals surface area (Å²) in [4.78, 5) is 11.2. The number of carbonyl (C=O) groups is 1. The van der Waals surface area contributed by atoms with Crippen molar-refractivity contribution in [3.63, 3.8) is 0 Å². The van der Waals surface area contributed by atoms with Crippen molar-refractivity contribution in [1.29, 1.82) is 0 Å². The van der Waals surface area contributed by atoms with Gasteiger partial charge in [0.2, 0.25) is 0 Å². The standard InChI is InChI=1S/C22H20O2.Li/c23-21(24)16-17-22(18-10-4-1-5-11-18,19-12-6-2-7-13-19)20-14-8-3-9-15-20;/h1-15H,16-17H2,(H,23,24);/q;+1/p-1. The van der Waals surface area contributed by atoms with Crippen molar-refractivity contribution < 1.29 is 28.8 Å². The van der Waals surface area contributed by atoms with Crippen LogP contribution in [0.5, 0.6) is 0 Å². The maximum atomic E-state index is 11.2. The van der Waals surface area contributed by atoms with Gasteiger partial charge in [-0.1, -0.05) is 91.0 Å². The first-order valence-corrected chi connectivity index (χ1v) is 8.10. The molecular formula is C22H19LiO2. The predicted molar refractivity (Wildman–Crippen MR) is 93.4 cm³/mol. The van der Waals surface area contributed by atoms with Gasteiger partial charge >= 0.3 is 18.9 Å². The van der Waals surface area contributed by atoms with E-state index in [0.717, 1.165) is 16.7 Å². The monoisotopic (exact) mass is 322 g/mol. The quantitative estimate of drug-likeness (QED) is 0.491. The number of rotatable bonds is 6. The average molecular weight is 322 g/mol. The third-order valence-corrected chi connectivity index (χ3v) is 4.50. The van der Waals surface area contributed by atoms with Crippen LogP contribution in [0.2, 0.25) is 0 Å². The molecular weight excluding hydrogens is 303 g/mol. The molecule has 0 spiro atoms. The van der Waals surface area contributed by atoms with Gasteiger partial charge in [-0.25, -0.2) is 0 Å². The average Bonchev–Trinajstić information content (AvgIpc) is 2.65. The Morgan fingerprint density at radius 1 is 0.680 bits per heavy atom. The van der Waals surface area contributed by atoms with Gasteiger partial charge in [-0.3, -0.25) is 0 Å². The van der Waals surface area contributed by atoms with Gasteiger partial charge in [0.25, 0.3) is 0 Å². The molecule has 25 heavy (non-hydrogen) atoms. The van der Waals surface area contributed by atoms with Crippen molar-refractivity contribution in [2.75, 3.05) is 0 Å². The number of carbonyl (C=O) groups excluding carboxylic acids is 1. The summed E-state index contributed by atoms with van der Waals surface area (Å²) < 4.78 is 0. The van der Waals surface area contributed by atoms with E-state index in [1.54, 1.807) is 0 Å². The van der Waals surface area contributed by atoms with E-state index in [-0.39, 0.29) is 25.3 Å². The molecule has 0 aliphatic heterocycles. The minimum atomic E-state index is -1.03. The number of carboxylic acid groups (broad SMARTS) is 1. The second kappa shape index (κ2) is 8.72. The molecule has 3 aromatic rings. The molecule has 0 saturated heterocycles. The Hall–Kier alpha value is -2.27. The maximum absolute atomic E-state index is 11.2. The number of aliphatic carboxylic acids is 1. The minimum absolute atomic E-state index is 0. The Labute approximate surface area is 160 Å². The van der Waals surface area contributed by atoms with Gasteiger partial charge in [-0.2, -0.15) is 0 Å². The van der Waals surface area contributed by atoms with Crippen LogP contribution in [-0.2, 0) is 10.2 Å². The third-order valence-electron chi connectivity index (χ3n) is 4.50. The molecule has 0 saturated carbocycles. The Morgan fingerprint density at radius 3 is 1.28 bits per heavy atom. The van der Waals surface area contributed by atoms with E-state index in [2.05, 4.69) is 36.4 Å². The second-order valence-corrected chi connectivity index (χ2v) is 5.88. The number of hydrogen-bond acceptors (Lipinski definition) is 2. The summed E-state index contributed by atoms with van der Waals surface area (Å²) in [5.41, 5.74) is 2.75. The van der Waals surface area contributed by atoms with Gasteiger partial charge in [0.05, 0.1) is 0 Å². The summed E-state index contributed by atoms with van der Waals surface area (Å²) >= 11 is 0. The number of carboxylic acids is 1. The largest absolute Gasteiger partial charge is 1.00 e. The van der Waals surface area contributed by atoms with Crippen molar-refractivity contribution in [2.24, 2.45) is 0 Å². The second-order valence-electron chi connectivity index (χ2n) is 5.88. The molecule has 0 atom stereocenters. The van der Waals surface area contributed by atoms with Gasteiger partial charge in [-0.15, -0.1) is 0 Å². The van der Waals surface area contributed by atoms with E-state index in [9.17, 15) is 9.90 Å². The van der Waals surface area contributed by atoms with Crippen LogP contribution in [0.3, 0.4) is 0 Å². The first-order chi connectivity index (χ1) is 11.7. The molecule has 0 N–H and O–H groups in total. The molecule has 0 radical (unpaired) electrons. The first kappa shape index (κ1) is 19.1. The molecule has 2 nitrogen and oxygen atoms in total. The molecule has 0 fully saturated rings. The van der Waals surface area contributed by atoms with E-state index in [1.807, 2.05) is 54.6 Å². The van der Waals surface area contributed by atoms with Crippen LogP contribution in [-0.4, -0.2) is 5.97 Å². The Balaban J connectivity index is 0.00000225. The molecule has 0 heterocycles. The van der Waals surface area contributed by atoms with Crippen LogP contribution in [0, 0.1) is 0 Å². The zero-order valence-electron chi connectivity index (χ0n) is 14.4. The topological polar surface area (TPSA) is 40.1 Å². The summed E-state index contributed by atoms with van der Waals surface area (Å²) in [6.45, 7) is 0. The fourth-order valence-corrected chi connectivity index (χ4v) is 3.39. The van der Waals surface area contributed by atoms with E-state index in [4.69, 9.17) is 0 Å². The molecule has 3 heteroatoms. The van der Waals surface area contributed by atoms with Crippen molar-refractivity contribution >= 4 is 5.97 Å². The van der Waals surface area contributed by atoms with Gasteiger partial charge < -0.3 is 9.90 Å². The van der Waals surface area contributed by atoms with Crippen LogP contribution in [0.4, 0.5) is 0 Å². The van der Waals surface area contributed by atoms with Gasteiger partial charge in [0, 0.05) is 11.4 Å². The van der Waals surface area contributed by atoms with Gasteiger partial charge in [0.1, 0.15) is 0 Å². The Bertz CT molecular complexity index is 689. The van der Waals surface area contributed by atoms with E-state index >= 15 is 0 Å². The van der Waals surface area contributed by atoms with Gasteiger partial charge in [-0.05, 0) is 29.5 Å². The molecule has 120 valence electrons. The third kappa shape index (κ3) is 4.04. The molecule has 0 unspecified atom stereocenters. The fourth-order valence-electron chi connectivity index (χ4n) is 3.39. The number of hydrogen-bond donors (Lipinski definition) is 0. The van der Waals surface area contributed by atoms with Crippen LogP contribution >= 0.6 is 0 Å². The predicted octanol–water partition coefficient (Wildman–Crippen LogP) is 0.555. The normalized spacial score (nSPS) is 10.7. The Kier molecular flexibility index (Phi) is 6.64. The zero-order chi connectivity index (χ0) is 16.8. The summed E-state index contributed by atoms with van der Waals surface area (Å²) in [6, 6.07) is 30.3. The van der Waals surface area contributed by atoms with Crippen LogP contribution in [0.15, 0.2) is 91.0 Å². The molecule has 0 aliphatic rings. The zero-order valence-corrected chi connectivity index (χ0v) is 14.4. The van der Waals surface area contributed by atoms with Crippen molar-refractivity contribution in [3.8, 4) is 0 Å². The first-order valence-electron chi connectivity index (χ1n) is 8.10. The maximum Gasteiger partial charge on any atom is 1.00 e. The number of benzene rings is 3. The summed E-state index contributed by atoms with van der Waals surface area (Å²) in [6.07, 6.45) is 0.450. The molecule has 0 aromatic heterocycles. The molecule has 0 aliphatic carbocycles. The minimum Gasteiger partial charge on any atom is -0.550 e. The van der Waals surface area contributed by atoms with Crippen molar-refractivity contribution in [2.45, 2.75) is 18.3 Å². The molecule has 0 bridgehead atoms. The molecule has 3 aromatic carbocycles. The molecule has 3 rings (SSSR count). The van der Waals surface area contributed by atoms with Crippen LogP contribution < -0.4 is 24.0 Å². The van der Waals surface area contributed by atoms with E-state index in [0.29, 0.717) is 6.42 Å². The molecule has 0 amide bonds. The van der Waals surface area contributed by atoms with Gasteiger partial charge in [0.15, 0.2) is 0 Å². The smallest absolute Gasteiger partial charge is 0.550 e. The van der Waals surface area contributed by atoms with Crippen LogP contribution in [0.1, 0.15) is 29.5 Å². The summed E-state index contributed by atoms with van der Waals surface area (Å²) in [5.74, 6) is -1.03. The van der Waals surface area contributed by atoms with Crippen LogP contribution in [0.25, 0.3) is 0 Å². The van der Waals surface area contributed by atoms with Crippen molar-refractivity contribution in [3.05, 3.63) is 108 Å². The summed E-state index contributed by atoms with van der Waals surface area (Å²) in [5, 5.41) is 11.2. The summed E-state index contributed by atoms with van der Waals surface area (Å²) in [7, 11) is 0. The van der Waals surface area contributed by atoms with Crippen molar-refractivity contribution in [1.82, 2.24) is 0 Å². The SMILES string of the molecule is O=C([O-])CCC(c1ccccc1)(c1ccccc1)c1ccccc1.[Li+].